The van der Waals surface area contributed by atoms with Crippen LogP contribution >= 0.6 is 11.6 Å². The maximum atomic E-state index is 13.0. The van der Waals surface area contributed by atoms with Crippen molar-refractivity contribution in [3.8, 4) is 11.6 Å². The Kier molecular flexibility index (Phi) is 4.90. The second-order valence-electron chi connectivity index (χ2n) is 6.70. The molecule has 1 N–H and O–H groups in total. The van der Waals surface area contributed by atoms with Crippen molar-refractivity contribution < 1.29 is 12.8 Å². The Hall–Kier alpha value is -2.36. The van der Waals surface area contributed by atoms with E-state index in [2.05, 4.69) is 20.1 Å². The van der Waals surface area contributed by atoms with Gasteiger partial charge in [-0.15, -0.1) is 10.2 Å². The van der Waals surface area contributed by atoms with E-state index >= 15 is 0 Å². The van der Waals surface area contributed by atoms with Crippen LogP contribution in [0.5, 0.6) is 0 Å². The van der Waals surface area contributed by atoms with Crippen LogP contribution in [0.15, 0.2) is 39.8 Å². The van der Waals surface area contributed by atoms with Gasteiger partial charge in [-0.25, -0.2) is 8.42 Å². The number of aromatic nitrogens is 3. The van der Waals surface area contributed by atoms with Gasteiger partial charge in [0.15, 0.2) is 0 Å². The average molecular weight is 422 g/mol. The first kappa shape index (κ1) is 19.0. The van der Waals surface area contributed by atoms with Gasteiger partial charge in [0.25, 0.3) is 5.89 Å². The van der Waals surface area contributed by atoms with Gasteiger partial charge in [0.1, 0.15) is 10.6 Å². The first-order valence-electron chi connectivity index (χ1n) is 8.85. The van der Waals surface area contributed by atoms with Gasteiger partial charge >= 0.3 is 0 Å². The van der Waals surface area contributed by atoms with E-state index in [1.807, 2.05) is 25.1 Å². The summed E-state index contributed by atoms with van der Waals surface area (Å²) in [6.07, 6.45) is 1.46. The minimum Gasteiger partial charge on any atom is -0.420 e. The highest BCUT2D eigenvalue weighted by atomic mass is 35.5. The summed E-state index contributed by atoms with van der Waals surface area (Å²) in [5.41, 5.74) is 2.64. The Balaban J connectivity index is 1.49. The molecule has 1 aliphatic rings. The normalized spacial score (nSPS) is 15.9. The zero-order chi connectivity index (χ0) is 19.9. The maximum Gasteiger partial charge on any atom is 0.264 e. The number of piperazine rings is 1. The van der Waals surface area contributed by atoms with Crippen LogP contribution in [-0.2, 0) is 10.0 Å². The molecule has 0 aliphatic carbocycles. The number of rotatable bonds is 4. The summed E-state index contributed by atoms with van der Waals surface area (Å²) in [6.45, 7) is 5.69. The molecule has 0 spiro atoms. The molecular weight excluding hydrogens is 402 g/mol. The number of halogens is 1. The Morgan fingerprint density at radius 1 is 1.11 bits per heavy atom. The van der Waals surface area contributed by atoms with Crippen molar-refractivity contribution in [3.05, 3.63) is 46.9 Å². The van der Waals surface area contributed by atoms with E-state index in [-0.39, 0.29) is 10.8 Å². The first-order chi connectivity index (χ1) is 13.3. The second kappa shape index (κ2) is 7.23. The lowest BCUT2D eigenvalue weighted by Gasteiger charge is -2.36. The SMILES string of the molecule is Cc1nnc(-c2cc(S(=O)(=O)N3CCN(c4cc(Cl)ccc4C)CC3)c[nH]2)o1. The van der Waals surface area contributed by atoms with Crippen LogP contribution < -0.4 is 4.90 Å². The fraction of sp³-hybridized carbons (Fsp3) is 0.333. The third-order valence-electron chi connectivity index (χ3n) is 4.80. The van der Waals surface area contributed by atoms with E-state index in [9.17, 15) is 8.42 Å². The molecule has 1 aromatic carbocycles. The Morgan fingerprint density at radius 3 is 2.54 bits per heavy atom. The molecule has 0 unspecified atom stereocenters. The lowest BCUT2D eigenvalue weighted by Crippen LogP contribution is -2.48. The molecular formula is C18H20ClN5O3S. The summed E-state index contributed by atoms with van der Waals surface area (Å²) < 4.78 is 32.8. The van der Waals surface area contributed by atoms with Gasteiger partial charge in [0, 0.05) is 50.0 Å². The fourth-order valence-corrected chi connectivity index (χ4v) is 4.88. The Morgan fingerprint density at radius 2 is 1.86 bits per heavy atom. The average Bonchev–Trinajstić information content (AvgIpc) is 3.33. The number of nitrogens with one attached hydrogen (secondary N) is 1. The van der Waals surface area contributed by atoms with Crippen LogP contribution in [0.1, 0.15) is 11.5 Å². The molecule has 1 saturated heterocycles. The van der Waals surface area contributed by atoms with Crippen LogP contribution in [-0.4, -0.2) is 54.1 Å². The molecule has 3 aromatic rings. The second-order valence-corrected chi connectivity index (χ2v) is 9.07. The van der Waals surface area contributed by atoms with Crippen molar-refractivity contribution >= 4 is 27.3 Å². The smallest absolute Gasteiger partial charge is 0.264 e. The van der Waals surface area contributed by atoms with E-state index in [1.54, 1.807) is 6.92 Å². The highest BCUT2D eigenvalue weighted by molar-refractivity contribution is 7.89. The van der Waals surface area contributed by atoms with Crippen LogP contribution in [0.3, 0.4) is 0 Å². The molecule has 1 aliphatic heterocycles. The number of H-pyrrole nitrogens is 1. The standard InChI is InChI=1S/C18H20ClN5O3S/c1-12-3-4-14(19)9-17(12)23-5-7-24(8-6-23)28(25,26)15-10-16(20-11-15)18-22-21-13(2)27-18/h3-4,9-11,20H,5-8H2,1-2H3. The largest absolute Gasteiger partial charge is 0.420 e. The summed E-state index contributed by atoms with van der Waals surface area (Å²) in [5.74, 6) is 0.682. The van der Waals surface area contributed by atoms with Crippen molar-refractivity contribution in [1.82, 2.24) is 19.5 Å². The van der Waals surface area contributed by atoms with Gasteiger partial charge in [-0.3, -0.25) is 0 Å². The number of benzene rings is 1. The minimum atomic E-state index is -3.61. The summed E-state index contributed by atoms with van der Waals surface area (Å²) in [4.78, 5) is 5.25. The lowest BCUT2D eigenvalue weighted by molar-refractivity contribution is 0.385. The van der Waals surface area contributed by atoms with Crippen LogP contribution in [0.4, 0.5) is 5.69 Å². The quantitative estimate of drug-likeness (QED) is 0.695. The summed E-state index contributed by atoms with van der Waals surface area (Å²) in [7, 11) is -3.61. The summed E-state index contributed by atoms with van der Waals surface area (Å²) in [6, 6.07) is 7.28. The van der Waals surface area contributed by atoms with Crippen molar-refractivity contribution in [2.75, 3.05) is 31.1 Å². The van der Waals surface area contributed by atoms with E-state index in [0.29, 0.717) is 42.8 Å². The van der Waals surface area contributed by atoms with Gasteiger partial charge in [-0.1, -0.05) is 17.7 Å². The predicted octanol–water partition coefficient (Wildman–Crippen LogP) is 2.85. The topological polar surface area (TPSA) is 95.3 Å². The van der Waals surface area contributed by atoms with E-state index in [1.165, 1.54) is 16.6 Å². The molecule has 148 valence electrons. The number of anilines is 1. The molecule has 8 nitrogen and oxygen atoms in total. The lowest BCUT2D eigenvalue weighted by atomic mass is 10.1. The number of aromatic amines is 1. The molecule has 4 rings (SSSR count). The third kappa shape index (κ3) is 3.52. The molecule has 0 amide bonds. The van der Waals surface area contributed by atoms with Gasteiger partial charge in [-0.05, 0) is 30.7 Å². The fourth-order valence-electron chi connectivity index (χ4n) is 3.29. The number of hydrogen-bond acceptors (Lipinski definition) is 6. The molecule has 10 heteroatoms. The molecule has 0 saturated carbocycles. The molecule has 0 bridgehead atoms. The maximum absolute atomic E-state index is 13.0. The van der Waals surface area contributed by atoms with Gasteiger partial charge < -0.3 is 14.3 Å². The number of nitrogens with zero attached hydrogens (tertiary/aromatic N) is 4. The first-order valence-corrected chi connectivity index (χ1v) is 10.7. The molecule has 0 atom stereocenters. The molecule has 28 heavy (non-hydrogen) atoms. The summed E-state index contributed by atoms with van der Waals surface area (Å²) in [5, 5.41) is 8.35. The molecule has 0 radical (unpaired) electrons. The summed E-state index contributed by atoms with van der Waals surface area (Å²) >= 11 is 6.12. The zero-order valence-electron chi connectivity index (χ0n) is 15.5. The molecule has 3 heterocycles. The minimum absolute atomic E-state index is 0.186. The van der Waals surface area contributed by atoms with Crippen molar-refractivity contribution in [3.63, 3.8) is 0 Å². The van der Waals surface area contributed by atoms with Crippen LogP contribution in [0.25, 0.3) is 11.6 Å². The van der Waals surface area contributed by atoms with Gasteiger partial charge in [0.2, 0.25) is 15.9 Å². The highest BCUT2D eigenvalue weighted by Gasteiger charge is 2.30. The van der Waals surface area contributed by atoms with Crippen LogP contribution in [0, 0.1) is 13.8 Å². The monoisotopic (exact) mass is 421 g/mol. The van der Waals surface area contributed by atoms with Crippen molar-refractivity contribution in [1.29, 1.82) is 0 Å². The number of hydrogen-bond donors (Lipinski definition) is 1. The van der Waals surface area contributed by atoms with E-state index in [4.69, 9.17) is 16.0 Å². The Bertz CT molecular complexity index is 1100. The van der Waals surface area contributed by atoms with E-state index in [0.717, 1.165) is 11.3 Å². The highest BCUT2D eigenvalue weighted by Crippen LogP contribution is 2.27. The molecule has 1 fully saturated rings. The van der Waals surface area contributed by atoms with Crippen LogP contribution in [0.2, 0.25) is 5.02 Å². The predicted molar refractivity (Wildman–Crippen MR) is 106 cm³/mol. The van der Waals surface area contributed by atoms with E-state index < -0.39 is 10.0 Å². The van der Waals surface area contributed by atoms with Gasteiger partial charge in [-0.2, -0.15) is 4.31 Å². The van der Waals surface area contributed by atoms with Crippen molar-refractivity contribution in [2.24, 2.45) is 0 Å². The third-order valence-corrected chi connectivity index (χ3v) is 6.91. The van der Waals surface area contributed by atoms with Gasteiger partial charge in [0.05, 0.1) is 0 Å². The Labute approximate surface area is 168 Å². The zero-order valence-corrected chi connectivity index (χ0v) is 17.1. The molecule has 2 aromatic heterocycles. The van der Waals surface area contributed by atoms with Crippen molar-refractivity contribution in [2.45, 2.75) is 18.7 Å². The number of sulfonamides is 1. The number of aryl methyl sites for hydroxylation is 2.